The molecule has 0 N–H and O–H groups in total. The Morgan fingerprint density at radius 1 is 1.00 bits per heavy atom. The lowest BCUT2D eigenvalue weighted by atomic mass is 9.86. The van der Waals surface area contributed by atoms with Gasteiger partial charge < -0.3 is 4.90 Å². The minimum Gasteiger partial charge on any atom is -0.302 e. The standard InChI is InChI=1S/C26H35N3OS/c1-8-28(9-2)14-15-29(24(30)20-10-12-21(13-11-20)26(5,6)7)25-27-22-17-18(3)16-19(4)23(22)31-25/h10-13,16-17H,8-9,14-15H2,1-7H3. The molecule has 5 heteroatoms. The lowest BCUT2D eigenvalue weighted by molar-refractivity contribution is 0.0983. The summed E-state index contributed by atoms with van der Waals surface area (Å²) in [6, 6.07) is 12.3. The maximum absolute atomic E-state index is 13.6. The molecule has 0 aliphatic heterocycles. The van der Waals surface area contributed by atoms with Gasteiger partial charge in [0.2, 0.25) is 0 Å². The summed E-state index contributed by atoms with van der Waals surface area (Å²) in [6.45, 7) is 18.5. The number of rotatable bonds is 7. The van der Waals surface area contributed by atoms with Gasteiger partial charge in [-0.2, -0.15) is 0 Å². The summed E-state index contributed by atoms with van der Waals surface area (Å²) >= 11 is 1.61. The van der Waals surface area contributed by atoms with E-state index in [-0.39, 0.29) is 11.3 Å². The predicted molar refractivity (Wildman–Crippen MR) is 134 cm³/mol. The number of benzene rings is 2. The van der Waals surface area contributed by atoms with Gasteiger partial charge in [-0.25, -0.2) is 4.98 Å². The number of hydrogen-bond acceptors (Lipinski definition) is 4. The van der Waals surface area contributed by atoms with Gasteiger partial charge in [-0.05, 0) is 67.2 Å². The molecule has 0 aliphatic carbocycles. The zero-order valence-electron chi connectivity index (χ0n) is 20.0. The number of fused-ring (bicyclic) bond motifs is 1. The molecule has 1 heterocycles. The monoisotopic (exact) mass is 437 g/mol. The summed E-state index contributed by atoms with van der Waals surface area (Å²) in [5.74, 6) is 0.0149. The first-order valence-electron chi connectivity index (χ1n) is 11.2. The third-order valence-electron chi connectivity index (χ3n) is 5.82. The van der Waals surface area contributed by atoms with Crippen LogP contribution in [0.4, 0.5) is 5.13 Å². The number of anilines is 1. The molecule has 2 aromatic carbocycles. The maximum Gasteiger partial charge on any atom is 0.260 e. The molecule has 1 amide bonds. The predicted octanol–water partition coefficient (Wildman–Crippen LogP) is 6.20. The van der Waals surface area contributed by atoms with E-state index in [1.807, 2.05) is 17.0 Å². The Balaban J connectivity index is 1.98. The number of likely N-dealkylation sites (N-methyl/N-ethyl adjacent to an activating group) is 1. The summed E-state index contributed by atoms with van der Waals surface area (Å²) in [6.07, 6.45) is 0. The van der Waals surface area contributed by atoms with Crippen LogP contribution in [0.1, 0.15) is 61.7 Å². The first-order valence-corrected chi connectivity index (χ1v) is 12.0. The second-order valence-corrected chi connectivity index (χ2v) is 10.2. The fourth-order valence-electron chi connectivity index (χ4n) is 3.81. The van der Waals surface area contributed by atoms with Crippen LogP contribution in [0.3, 0.4) is 0 Å². The molecule has 0 radical (unpaired) electrons. The van der Waals surface area contributed by atoms with Gasteiger partial charge in [-0.3, -0.25) is 9.69 Å². The first kappa shape index (κ1) is 23.4. The van der Waals surface area contributed by atoms with Crippen LogP contribution in [0.15, 0.2) is 36.4 Å². The van der Waals surface area contributed by atoms with Gasteiger partial charge in [-0.15, -0.1) is 0 Å². The van der Waals surface area contributed by atoms with E-state index in [1.165, 1.54) is 16.7 Å². The Labute approximate surface area is 190 Å². The molecular weight excluding hydrogens is 402 g/mol. The highest BCUT2D eigenvalue weighted by Gasteiger charge is 2.23. The van der Waals surface area contributed by atoms with E-state index in [2.05, 4.69) is 77.6 Å². The Morgan fingerprint density at radius 2 is 1.65 bits per heavy atom. The lowest BCUT2D eigenvalue weighted by Gasteiger charge is -2.25. The van der Waals surface area contributed by atoms with Gasteiger partial charge in [0.15, 0.2) is 5.13 Å². The van der Waals surface area contributed by atoms with Crippen molar-refractivity contribution < 1.29 is 4.79 Å². The van der Waals surface area contributed by atoms with Gasteiger partial charge in [0.25, 0.3) is 5.91 Å². The van der Waals surface area contributed by atoms with Crippen molar-refractivity contribution in [2.45, 2.75) is 53.9 Å². The number of nitrogens with zero attached hydrogens (tertiary/aromatic N) is 3. The van der Waals surface area contributed by atoms with Crippen LogP contribution in [-0.2, 0) is 5.41 Å². The van der Waals surface area contributed by atoms with Crippen molar-refractivity contribution in [1.82, 2.24) is 9.88 Å². The van der Waals surface area contributed by atoms with Crippen molar-refractivity contribution in [2.24, 2.45) is 0 Å². The van der Waals surface area contributed by atoms with Gasteiger partial charge >= 0.3 is 0 Å². The topological polar surface area (TPSA) is 36.4 Å². The summed E-state index contributed by atoms with van der Waals surface area (Å²) in [4.78, 5) is 22.7. The Hall–Kier alpha value is -2.24. The number of aromatic nitrogens is 1. The highest BCUT2D eigenvalue weighted by molar-refractivity contribution is 7.22. The van der Waals surface area contributed by atoms with E-state index < -0.39 is 0 Å². The van der Waals surface area contributed by atoms with Crippen LogP contribution in [0.5, 0.6) is 0 Å². The van der Waals surface area contributed by atoms with Gasteiger partial charge in [0.1, 0.15) is 0 Å². The summed E-state index contributed by atoms with van der Waals surface area (Å²) in [7, 11) is 0. The average Bonchev–Trinajstić information content (AvgIpc) is 3.14. The quantitative estimate of drug-likeness (QED) is 0.441. The van der Waals surface area contributed by atoms with Crippen LogP contribution in [0.25, 0.3) is 10.2 Å². The molecule has 4 nitrogen and oxygen atoms in total. The second kappa shape index (κ2) is 9.49. The molecule has 166 valence electrons. The molecule has 0 aliphatic rings. The summed E-state index contributed by atoms with van der Waals surface area (Å²) in [5, 5.41) is 0.778. The first-order chi connectivity index (χ1) is 14.6. The molecule has 3 rings (SSSR count). The van der Waals surface area contributed by atoms with E-state index in [1.54, 1.807) is 11.3 Å². The van der Waals surface area contributed by atoms with Crippen LogP contribution >= 0.6 is 11.3 Å². The van der Waals surface area contributed by atoms with Crippen LogP contribution in [0.2, 0.25) is 0 Å². The minimum absolute atomic E-state index is 0.0149. The third-order valence-corrected chi connectivity index (χ3v) is 7.05. The van der Waals surface area contributed by atoms with E-state index in [9.17, 15) is 4.79 Å². The minimum atomic E-state index is 0.0149. The lowest BCUT2D eigenvalue weighted by Crippen LogP contribution is -2.38. The highest BCUT2D eigenvalue weighted by atomic mass is 32.1. The van der Waals surface area contributed by atoms with Crippen LogP contribution in [0, 0.1) is 13.8 Å². The Morgan fingerprint density at radius 3 is 2.23 bits per heavy atom. The molecule has 3 aromatic rings. The zero-order chi connectivity index (χ0) is 22.8. The molecule has 31 heavy (non-hydrogen) atoms. The molecule has 0 fully saturated rings. The molecule has 0 saturated carbocycles. The smallest absolute Gasteiger partial charge is 0.260 e. The van der Waals surface area contributed by atoms with Crippen molar-refractivity contribution in [3.8, 4) is 0 Å². The highest BCUT2D eigenvalue weighted by Crippen LogP contribution is 2.33. The number of hydrogen-bond donors (Lipinski definition) is 0. The average molecular weight is 438 g/mol. The number of amides is 1. The van der Waals surface area contributed by atoms with Gasteiger partial charge in [-0.1, -0.05) is 64.2 Å². The molecule has 0 bridgehead atoms. The number of aryl methyl sites for hydroxylation is 2. The fourth-order valence-corrected chi connectivity index (χ4v) is 4.85. The Kier molecular flexibility index (Phi) is 7.17. The van der Waals surface area contributed by atoms with E-state index in [0.717, 1.165) is 35.0 Å². The maximum atomic E-state index is 13.6. The molecule has 0 unspecified atom stereocenters. The van der Waals surface area contributed by atoms with Crippen LogP contribution < -0.4 is 4.90 Å². The Bertz CT molecular complexity index is 1040. The van der Waals surface area contributed by atoms with Crippen molar-refractivity contribution in [3.05, 3.63) is 58.7 Å². The van der Waals surface area contributed by atoms with Crippen molar-refractivity contribution in [2.75, 3.05) is 31.1 Å². The molecule has 0 atom stereocenters. The second-order valence-electron chi connectivity index (χ2n) is 9.24. The third kappa shape index (κ3) is 5.34. The number of carbonyl (C=O) groups is 1. The zero-order valence-corrected chi connectivity index (χ0v) is 20.8. The summed E-state index contributed by atoms with van der Waals surface area (Å²) < 4.78 is 1.16. The van der Waals surface area contributed by atoms with Gasteiger partial charge in [0, 0.05) is 18.7 Å². The van der Waals surface area contributed by atoms with Crippen molar-refractivity contribution in [3.63, 3.8) is 0 Å². The molecule has 0 saturated heterocycles. The number of carbonyl (C=O) groups excluding carboxylic acids is 1. The van der Waals surface area contributed by atoms with E-state index in [4.69, 9.17) is 4.98 Å². The van der Waals surface area contributed by atoms with Crippen LogP contribution in [-0.4, -0.2) is 42.0 Å². The van der Waals surface area contributed by atoms with E-state index in [0.29, 0.717) is 12.1 Å². The fraction of sp³-hybridized carbons (Fsp3) is 0.462. The largest absolute Gasteiger partial charge is 0.302 e. The molecular formula is C26H35N3OS. The van der Waals surface area contributed by atoms with Gasteiger partial charge in [0.05, 0.1) is 10.2 Å². The number of thiazole rings is 1. The van der Waals surface area contributed by atoms with E-state index >= 15 is 0 Å². The molecule has 0 spiro atoms. The molecule has 1 aromatic heterocycles. The van der Waals surface area contributed by atoms with Crippen molar-refractivity contribution in [1.29, 1.82) is 0 Å². The summed E-state index contributed by atoms with van der Waals surface area (Å²) in [5.41, 5.74) is 5.38. The van der Waals surface area contributed by atoms with Crippen molar-refractivity contribution >= 4 is 32.6 Å². The normalized spacial score (nSPS) is 12.0. The SMILES string of the molecule is CCN(CC)CCN(C(=O)c1ccc(C(C)(C)C)cc1)c1nc2cc(C)cc(C)c2s1.